The van der Waals surface area contributed by atoms with Crippen LogP contribution in [0.1, 0.15) is 48.6 Å². The van der Waals surface area contributed by atoms with Gasteiger partial charge in [0.25, 0.3) is 5.56 Å². The number of nitrogens with one attached hydrogen (secondary N) is 1. The van der Waals surface area contributed by atoms with Gasteiger partial charge in [-0.1, -0.05) is 29.8 Å². The third-order valence-electron chi connectivity index (χ3n) is 7.23. The number of rotatable bonds is 1. The quantitative estimate of drug-likeness (QED) is 0.647. The first-order valence-corrected chi connectivity index (χ1v) is 11.2. The Balaban J connectivity index is 1.65. The predicted octanol–water partition coefficient (Wildman–Crippen LogP) is 3.92. The molecule has 0 unspecified atom stereocenters. The molecule has 2 fully saturated rings. The number of aromatic nitrogens is 2. The molecule has 0 bridgehead atoms. The van der Waals surface area contributed by atoms with Crippen LogP contribution in [0.25, 0.3) is 16.6 Å². The Morgan fingerprint density at radius 3 is 2.73 bits per heavy atom. The lowest BCUT2D eigenvalue weighted by Gasteiger charge is -2.33. The summed E-state index contributed by atoms with van der Waals surface area (Å²) in [7, 11) is 0. The number of ether oxygens (including phenoxy) is 1. The fraction of sp³-hybridized carbons (Fsp3) is 0.417. The molecule has 2 saturated heterocycles. The van der Waals surface area contributed by atoms with Crippen molar-refractivity contribution in [1.29, 1.82) is 0 Å². The summed E-state index contributed by atoms with van der Waals surface area (Å²) in [5, 5.41) is 4.42. The van der Waals surface area contributed by atoms with Crippen LogP contribution in [0, 0.1) is 0 Å². The van der Waals surface area contributed by atoms with Crippen molar-refractivity contribution in [2.75, 3.05) is 26.3 Å². The Morgan fingerprint density at radius 2 is 1.93 bits per heavy atom. The average Bonchev–Trinajstić information content (AvgIpc) is 3.04. The largest absolute Gasteiger partial charge is 0.381 e. The highest BCUT2D eigenvalue weighted by atomic mass is 35.5. The molecule has 5 nitrogen and oxygen atoms in total. The van der Waals surface area contributed by atoms with Crippen LogP contribution in [0.3, 0.4) is 0 Å². The van der Waals surface area contributed by atoms with Crippen molar-refractivity contribution >= 4 is 22.5 Å². The fourth-order valence-electron chi connectivity index (χ4n) is 5.67. The first kappa shape index (κ1) is 18.6. The van der Waals surface area contributed by atoms with Gasteiger partial charge in [-0.25, -0.2) is 0 Å². The predicted molar refractivity (Wildman–Crippen MR) is 118 cm³/mol. The summed E-state index contributed by atoms with van der Waals surface area (Å²) in [6, 6.07) is 12.6. The second kappa shape index (κ2) is 6.91. The van der Waals surface area contributed by atoms with E-state index in [1.807, 2.05) is 12.1 Å². The van der Waals surface area contributed by atoms with Crippen LogP contribution in [0.2, 0.25) is 5.02 Å². The summed E-state index contributed by atoms with van der Waals surface area (Å²) in [5.74, 6) is 1.41. The van der Waals surface area contributed by atoms with Crippen molar-refractivity contribution in [2.24, 2.45) is 0 Å². The van der Waals surface area contributed by atoms with Crippen LogP contribution < -0.4 is 10.9 Å². The number of piperidine rings is 1. The normalized spacial score (nSPS) is 20.4. The first-order chi connectivity index (χ1) is 14.7. The summed E-state index contributed by atoms with van der Waals surface area (Å²) < 4.78 is 7.90. The highest BCUT2D eigenvalue weighted by Crippen LogP contribution is 2.50. The van der Waals surface area contributed by atoms with Gasteiger partial charge >= 0.3 is 0 Å². The minimum Gasteiger partial charge on any atom is -0.381 e. The number of hydrogen-bond donors (Lipinski definition) is 1. The Kier molecular flexibility index (Phi) is 4.27. The highest BCUT2D eigenvalue weighted by Gasteiger charge is 2.47. The Labute approximate surface area is 180 Å². The third-order valence-corrected chi connectivity index (χ3v) is 7.54. The molecule has 6 heteroatoms. The van der Waals surface area contributed by atoms with E-state index in [-0.39, 0.29) is 11.0 Å². The molecule has 4 heterocycles. The van der Waals surface area contributed by atoms with E-state index in [9.17, 15) is 4.79 Å². The van der Waals surface area contributed by atoms with Gasteiger partial charge in [-0.3, -0.25) is 9.36 Å². The van der Waals surface area contributed by atoms with Gasteiger partial charge in [0.2, 0.25) is 0 Å². The van der Waals surface area contributed by atoms with E-state index in [1.54, 1.807) is 6.07 Å². The van der Waals surface area contributed by atoms with Gasteiger partial charge in [-0.05, 0) is 74.0 Å². The molecular weight excluding hydrogens is 398 g/mol. The molecule has 30 heavy (non-hydrogen) atoms. The number of hydrogen-bond acceptors (Lipinski definition) is 4. The number of benzene rings is 2. The molecule has 6 rings (SSSR count). The van der Waals surface area contributed by atoms with Gasteiger partial charge in [0, 0.05) is 13.2 Å². The molecule has 1 aromatic heterocycles. The van der Waals surface area contributed by atoms with Gasteiger partial charge in [0.15, 0.2) is 0 Å². The van der Waals surface area contributed by atoms with Crippen LogP contribution in [0.4, 0.5) is 0 Å². The van der Waals surface area contributed by atoms with Crippen molar-refractivity contribution in [3.63, 3.8) is 0 Å². The van der Waals surface area contributed by atoms with E-state index in [2.05, 4.69) is 33.1 Å². The van der Waals surface area contributed by atoms with E-state index in [1.165, 1.54) is 11.1 Å². The van der Waals surface area contributed by atoms with Crippen molar-refractivity contribution in [2.45, 2.75) is 37.0 Å². The molecule has 3 aliphatic heterocycles. The molecular formula is C24H24ClN3O2. The Hall–Kier alpha value is -2.21. The number of fused-ring (bicyclic) bond motifs is 7. The molecule has 1 N–H and O–H groups in total. The summed E-state index contributed by atoms with van der Waals surface area (Å²) in [6.07, 6.45) is 3.98. The zero-order valence-corrected chi connectivity index (χ0v) is 17.5. The van der Waals surface area contributed by atoms with Gasteiger partial charge in [0.05, 0.1) is 27.0 Å². The van der Waals surface area contributed by atoms with Crippen LogP contribution >= 0.6 is 11.6 Å². The number of nitrogens with zero attached hydrogens (tertiary/aromatic N) is 2. The SMILES string of the molecule is O=c1nc2n(c3cccc(Cl)c13)-c1cc(C3CCNCC3)ccc1C21CCOCC1. The monoisotopic (exact) mass is 421 g/mol. The minimum atomic E-state index is -0.268. The lowest BCUT2D eigenvalue weighted by atomic mass is 9.74. The van der Waals surface area contributed by atoms with Crippen molar-refractivity contribution in [1.82, 2.24) is 14.9 Å². The molecule has 2 aromatic carbocycles. The molecule has 154 valence electrons. The lowest BCUT2D eigenvalue weighted by Crippen LogP contribution is -2.36. The summed E-state index contributed by atoms with van der Waals surface area (Å²) in [4.78, 5) is 17.6. The molecule has 3 aromatic rings. The summed E-state index contributed by atoms with van der Waals surface area (Å²) >= 11 is 6.44. The average molecular weight is 422 g/mol. The van der Waals surface area contributed by atoms with E-state index in [0.29, 0.717) is 29.5 Å². The smallest absolute Gasteiger partial charge is 0.282 e. The molecule has 1 spiro atoms. The topological polar surface area (TPSA) is 56.2 Å². The fourth-order valence-corrected chi connectivity index (χ4v) is 5.92. The van der Waals surface area contributed by atoms with E-state index < -0.39 is 0 Å². The maximum atomic E-state index is 13.0. The molecule has 0 amide bonds. The zero-order chi connectivity index (χ0) is 20.3. The van der Waals surface area contributed by atoms with E-state index in [4.69, 9.17) is 16.3 Å². The third kappa shape index (κ3) is 2.55. The van der Waals surface area contributed by atoms with E-state index >= 15 is 0 Å². The zero-order valence-electron chi connectivity index (χ0n) is 16.8. The molecule has 0 atom stereocenters. The van der Waals surface area contributed by atoms with Crippen molar-refractivity contribution < 1.29 is 4.74 Å². The Bertz CT molecular complexity index is 1210. The Morgan fingerprint density at radius 1 is 1.13 bits per heavy atom. The van der Waals surface area contributed by atoms with Gasteiger partial charge in [-0.15, -0.1) is 0 Å². The first-order valence-electron chi connectivity index (χ1n) is 10.8. The van der Waals surface area contributed by atoms with Crippen LogP contribution in [0.15, 0.2) is 41.2 Å². The lowest BCUT2D eigenvalue weighted by molar-refractivity contribution is 0.0621. The van der Waals surface area contributed by atoms with Crippen LogP contribution in [-0.2, 0) is 10.2 Å². The molecule has 0 aliphatic carbocycles. The maximum absolute atomic E-state index is 13.0. The van der Waals surface area contributed by atoms with Crippen LogP contribution in [-0.4, -0.2) is 35.9 Å². The van der Waals surface area contributed by atoms with Crippen LogP contribution in [0.5, 0.6) is 0 Å². The molecule has 3 aliphatic rings. The summed E-state index contributed by atoms with van der Waals surface area (Å²) in [6.45, 7) is 3.48. The molecule has 0 saturated carbocycles. The second-order valence-electron chi connectivity index (χ2n) is 8.71. The maximum Gasteiger partial charge on any atom is 0.282 e. The van der Waals surface area contributed by atoms with Gasteiger partial charge in [-0.2, -0.15) is 4.98 Å². The minimum absolute atomic E-state index is 0.237. The summed E-state index contributed by atoms with van der Waals surface area (Å²) in [5.41, 5.74) is 4.14. The second-order valence-corrected chi connectivity index (χ2v) is 9.11. The standard InChI is InChI=1S/C24H24ClN3O2/c25-18-2-1-3-19-21(18)22(29)27-23-24(8-12-30-13-9-24)17-5-4-16(14-20(17)28(19)23)15-6-10-26-11-7-15/h1-5,14-15,26H,6-13H2. The molecule has 0 radical (unpaired) electrons. The van der Waals surface area contributed by atoms with Crippen molar-refractivity contribution in [3.8, 4) is 5.69 Å². The van der Waals surface area contributed by atoms with Crippen molar-refractivity contribution in [3.05, 3.63) is 68.7 Å². The highest BCUT2D eigenvalue weighted by molar-refractivity contribution is 6.35. The van der Waals surface area contributed by atoms with Gasteiger partial charge < -0.3 is 10.1 Å². The van der Waals surface area contributed by atoms with E-state index in [0.717, 1.165) is 55.8 Å². The van der Waals surface area contributed by atoms with Gasteiger partial charge in [0.1, 0.15) is 5.82 Å². The number of halogens is 1.